The van der Waals surface area contributed by atoms with Crippen molar-refractivity contribution in [2.45, 2.75) is 25.9 Å². The third kappa shape index (κ3) is 2.89. The SMILES string of the molecule is O=C(O)c1cc(COc2ccc3c(c2)CCC3)ccc1F. The molecule has 0 bridgehead atoms. The Morgan fingerprint density at radius 1 is 1.14 bits per heavy atom. The zero-order valence-electron chi connectivity index (χ0n) is 11.4. The molecule has 3 rings (SSSR count). The van der Waals surface area contributed by atoms with Gasteiger partial charge in [-0.2, -0.15) is 0 Å². The number of hydrogen-bond donors (Lipinski definition) is 1. The molecule has 0 fully saturated rings. The van der Waals surface area contributed by atoms with Crippen LogP contribution in [0.5, 0.6) is 5.75 Å². The molecule has 0 aliphatic heterocycles. The van der Waals surface area contributed by atoms with Gasteiger partial charge in [0.2, 0.25) is 0 Å². The Kier molecular flexibility index (Phi) is 3.60. The molecule has 0 atom stereocenters. The van der Waals surface area contributed by atoms with Gasteiger partial charge in [0.05, 0.1) is 5.56 Å². The molecule has 0 amide bonds. The van der Waals surface area contributed by atoms with Crippen molar-refractivity contribution in [1.82, 2.24) is 0 Å². The molecule has 21 heavy (non-hydrogen) atoms. The lowest BCUT2D eigenvalue weighted by molar-refractivity contribution is 0.0691. The number of hydrogen-bond acceptors (Lipinski definition) is 2. The first-order valence-electron chi connectivity index (χ1n) is 6.90. The van der Waals surface area contributed by atoms with Gasteiger partial charge in [0.15, 0.2) is 0 Å². The standard InChI is InChI=1S/C17H15FO3/c18-16-7-4-11(8-15(16)17(19)20)10-21-14-6-5-12-2-1-3-13(12)9-14/h4-9H,1-3,10H2,(H,19,20). The highest BCUT2D eigenvalue weighted by molar-refractivity contribution is 5.88. The van der Waals surface area contributed by atoms with Crippen LogP contribution < -0.4 is 4.74 Å². The minimum atomic E-state index is -1.27. The number of carbonyl (C=O) groups is 1. The molecular weight excluding hydrogens is 271 g/mol. The Morgan fingerprint density at radius 3 is 2.76 bits per heavy atom. The Labute approximate surface area is 122 Å². The van der Waals surface area contributed by atoms with E-state index in [2.05, 4.69) is 6.07 Å². The van der Waals surface area contributed by atoms with Crippen molar-refractivity contribution in [3.63, 3.8) is 0 Å². The molecule has 3 nitrogen and oxygen atoms in total. The van der Waals surface area contributed by atoms with Gasteiger partial charge in [-0.1, -0.05) is 12.1 Å². The summed E-state index contributed by atoms with van der Waals surface area (Å²) in [7, 11) is 0. The highest BCUT2D eigenvalue weighted by atomic mass is 19.1. The lowest BCUT2D eigenvalue weighted by Gasteiger charge is -2.09. The number of fused-ring (bicyclic) bond motifs is 1. The molecule has 4 heteroatoms. The average Bonchev–Trinajstić information content (AvgIpc) is 2.93. The predicted molar refractivity (Wildman–Crippen MR) is 76.2 cm³/mol. The lowest BCUT2D eigenvalue weighted by Crippen LogP contribution is -2.03. The van der Waals surface area contributed by atoms with E-state index in [0.29, 0.717) is 5.56 Å². The fraction of sp³-hybridized carbons (Fsp3) is 0.235. The van der Waals surface area contributed by atoms with Gasteiger partial charge in [-0.05, 0) is 60.2 Å². The molecular formula is C17H15FO3. The van der Waals surface area contributed by atoms with Crippen molar-refractivity contribution in [3.8, 4) is 5.75 Å². The second-order valence-electron chi connectivity index (χ2n) is 5.19. The number of ether oxygens (including phenoxy) is 1. The first-order chi connectivity index (χ1) is 10.1. The van der Waals surface area contributed by atoms with Gasteiger partial charge in [0.25, 0.3) is 0 Å². The summed E-state index contributed by atoms with van der Waals surface area (Å²) in [6.07, 6.45) is 3.38. The van der Waals surface area contributed by atoms with E-state index in [1.54, 1.807) is 0 Å². The summed E-state index contributed by atoms with van der Waals surface area (Å²) in [4.78, 5) is 10.9. The third-order valence-corrected chi connectivity index (χ3v) is 3.74. The number of rotatable bonds is 4. The van der Waals surface area contributed by atoms with E-state index in [9.17, 15) is 9.18 Å². The van der Waals surface area contributed by atoms with Crippen molar-refractivity contribution in [2.75, 3.05) is 0 Å². The maximum absolute atomic E-state index is 13.3. The van der Waals surface area contributed by atoms with E-state index in [-0.39, 0.29) is 12.2 Å². The molecule has 1 aliphatic rings. The summed E-state index contributed by atoms with van der Waals surface area (Å²) in [5, 5.41) is 8.90. The van der Waals surface area contributed by atoms with Gasteiger partial charge < -0.3 is 9.84 Å². The Balaban J connectivity index is 1.73. The zero-order valence-corrected chi connectivity index (χ0v) is 11.4. The first-order valence-corrected chi connectivity index (χ1v) is 6.90. The van der Waals surface area contributed by atoms with Crippen LogP contribution in [0.3, 0.4) is 0 Å². The number of carboxylic acids is 1. The van der Waals surface area contributed by atoms with Crippen LogP contribution in [0.4, 0.5) is 4.39 Å². The summed E-state index contributed by atoms with van der Waals surface area (Å²) < 4.78 is 19.0. The first kappa shape index (κ1) is 13.6. The Hall–Kier alpha value is -2.36. The van der Waals surface area contributed by atoms with E-state index in [0.717, 1.165) is 24.7 Å². The quantitative estimate of drug-likeness (QED) is 0.934. The van der Waals surface area contributed by atoms with Gasteiger partial charge in [-0.25, -0.2) is 9.18 Å². The maximum Gasteiger partial charge on any atom is 0.338 e. The minimum absolute atomic E-state index is 0.222. The molecule has 108 valence electrons. The van der Waals surface area contributed by atoms with Crippen LogP contribution in [-0.4, -0.2) is 11.1 Å². The van der Waals surface area contributed by atoms with Crippen LogP contribution in [0.15, 0.2) is 36.4 Å². The fourth-order valence-electron chi connectivity index (χ4n) is 2.63. The van der Waals surface area contributed by atoms with E-state index in [4.69, 9.17) is 9.84 Å². The fourth-order valence-corrected chi connectivity index (χ4v) is 2.63. The van der Waals surface area contributed by atoms with Gasteiger partial charge in [-0.3, -0.25) is 0 Å². The molecule has 0 saturated heterocycles. The molecule has 0 heterocycles. The second kappa shape index (κ2) is 5.56. The summed E-state index contributed by atoms with van der Waals surface area (Å²) in [5.41, 5.74) is 2.99. The monoisotopic (exact) mass is 286 g/mol. The van der Waals surface area contributed by atoms with Crippen molar-refractivity contribution < 1.29 is 19.0 Å². The highest BCUT2D eigenvalue weighted by Gasteiger charge is 2.13. The number of benzene rings is 2. The summed E-state index contributed by atoms with van der Waals surface area (Å²) in [6.45, 7) is 0.222. The minimum Gasteiger partial charge on any atom is -0.489 e. The van der Waals surface area contributed by atoms with Gasteiger partial charge in [0.1, 0.15) is 18.2 Å². The third-order valence-electron chi connectivity index (χ3n) is 3.74. The van der Waals surface area contributed by atoms with Crippen molar-refractivity contribution >= 4 is 5.97 Å². The van der Waals surface area contributed by atoms with Crippen molar-refractivity contribution in [2.24, 2.45) is 0 Å². The van der Waals surface area contributed by atoms with Gasteiger partial charge >= 0.3 is 5.97 Å². The van der Waals surface area contributed by atoms with Gasteiger partial charge in [0, 0.05) is 0 Å². The zero-order chi connectivity index (χ0) is 14.8. The molecule has 1 N–H and O–H groups in total. The lowest BCUT2D eigenvalue weighted by atomic mass is 10.1. The predicted octanol–water partition coefficient (Wildman–Crippen LogP) is 3.59. The summed E-state index contributed by atoms with van der Waals surface area (Å²) in [5.74, 6) is -1.24. The van der Waals surface area contributed by atoms with E-state index >= 15 is 0 Å². The highest BCUT2D eigenvalue weighted by Crippen LogP contribution is 2.26. The molecule has 0 aromatic heterocycles. The number of carboxylic acid groups (broad SMARTS) is 1. The summed E-state index contributed by atoms with van der Waals surface area (Å²) in [6, 6.07) is 10.0. The van der Waals surface area contributed by atoms with Crippen LogP contribution in [0.25, 0.3) is 0 Å². The van der Waals surface area contributed by atoms with E-state index < -0.39 is 11.8 Å². The van der Waals surface area contributed by atoms with Crippen molar-refractivity contribution in [1.29, 1.82) is 0 Å². The number of aromatic carboxylic acids is 1. The van der Waals surface area contributed by atoms with Gasteiger partial charge in [-0.15, -0.1) is 0 Å². The molecule has 0 spiro atoms. The maximum atomic E-state index is 13.3. The topological polar surface area (TPSA) is 46.5 Å². The molecule has 0 unspecified atom stereocenters. The largest absolute Gasteiger partial charge is 0.489 e. The second-order valence-corrected chi connectivity index (χ2v) is 5.19. The Bertz CT molecular complexity index is 694. The van der Waals surface area contributed by atoms with E-state index in [1.165, 1.54) is 29.7 Å². The molecule has 2 aromatic rings. The molecule has 0 radical (unpaired) electrons. The van der Waals surface area contributed by atoms with Crippen molar-refractivity contribution in [3.05, 3.63) is 64.5 Å². The van der Waals surface area contributed by atoms with Crippen LogP contribution in [-0.2, 0) is 19.4 Å². The van der Waals surface area contributed by atoms with Crippen LogP contribution in [0, 0.1) is 5.82 Å². The number of halogens is 1. The molecule has 2 aromatic carbocycles. The molecule has 1 aliphatic carbocycles. The normalized spacial score (nSPS) is 13.0. The smallest absolute Gasteiger partial charge is 0.338 e. The van der Waals surface area contributed by atoms with Crippen LogP contribution in [0.1, 0.15) is 33.5 Å². The van der Waals surface area contributed by atoms with E-state index in [1.807, 2.05) is 12.1 Å². The number of aryl methyl sites for hydroxylation is 2. The van der Waals surface area contributed by atoms with Crippen LogP contribution >= 0.6 is 0 Å². The Morgan fingerprint density at radius 2 is 1.95 bits per heavy atom. The molecule has 0 saturated carbocycles. The van der Waals surface area contributed by atoms with Crippen LogP contribution in [0.2, 0.25) is 0 Å². The summed E-state index contributed by atoms with van der Waals surface area (Å²) >= 11 is 0. The average molecular weight is 286 g/mol.